The van der Waals surface area contributed by atoms with Crippen LogP contribution in [-0.4, -0.2) is 34.4 Å². The number of halogens is 1. The van der Waals surface area contributed by atoms with Gasteiger partial charge in [-0.15, -0.1) is 0 Å². The average Bonchev–Trinajstić information content (AvgIpc) is 3.44. The monoisotopic (exact) mass is 563 g/mol. The Morgan fingerprint density at radius 3 is 2.27 bits per heavy atom. The van der Waals surface area contributed by atoms with Crippen LogP contribution in [-0.2, 0) is 11.4 Å². The van der Waals surface area contributed by atoms with E-state index >= 15 is 0 Å². The van der Waals surface area contributed by atoms with Crippen molar-refractivity contribution in [1.82, 2.24) is 20.5 Å². The van der Waals surface area contributed by atoms with E-state index in [4.69, 9.17) is 21.4 Å². The standard InChI is InChI=1S/C32H26ClN5O3/c33-27-15-11-25(12-16-27)32(40)34-20-30(39)36-35-19-26-21-38(28-9-5-2-6-10-28)37-31(26)24-13-17-29(18-14-24)41-22-23-7-3-1-4-8-23/h1-19,21H,20,22H2,(H,34,40)(H,36,39)/b35-19-. The fourth-order valence-electron chi connectivity index (χ4n) is 3.95. The molecular weight excluding hydrogens is 538 g/mol. The maximum Gasteiger partial charge on any atom is 0.259 e. The van der Waals surface area contributed by atoms with E-state index < -0.39 is 5.91 Å². The number of hydrogen-bond donors (Lipinski definition) is 2. The lowest BCUT2D eigenvalue weighted by Crippen LogP contribution is -2.34. The van der Waals surface area contributed by atoms with Crippen LogP contribution >= 0.6 is 11.6 Å². The molecule has 0 aliphatic heterocycles. The molecule has 1 aromatic heterocycles. The second-order valence-electron chi connectivity index (χ2n) is 8.99. The predicted octanol–water partition coefficient (Wildman–Crippen LogP) is 5.65. The highest BCUT2D eigenvalue weighted by Crippen LogP contribution is 2.25. The van der Waals surface area contributed by atoms with Gasteiger partial charge in [0.15, 0.2) is 0 Å². The summed E-state index contributed by atoms with van der Waals surface area (Å²) in [4.78, 5) is 24.6. The lowest BCUT2D eigenvalue weighted by Gasteiger charge is -2.07. The number of benzene rings is 4. The molecule has 5 rings (SSSR count). The number of ether oxygens (including phenoxy) is 1. The van der Waals surface area contributed by atoms with Gasteiger partial charge in [-0.1, -0.05) is 60.1 Å². The molecule has 0 saturated heterocycles. The van der Waals surface area contributed by atoms with Crippen LogP contribution in [0.25, 0.3) is 16.9 Å². The minimum atomic E-state index is -0.472. The number of hydrogen-bond acceptors (Lipinski definition) is 5. The van der Waals surface area contributed by atoms with E-state index in [0.717, 1.165) is 22.6 Å². The first-order valence-electron chi connectivity index (χ1n) is 12.8. The molecule has 0 spiro atoms. The van der Waals surface area contributed by atoms with Gasteiger partial charge >= 0.3 is 0 Å². The van der Waals surface area contributed by atoms with Crippen molar-refractivity contribution in [2.45, 2.75) is 6.61 Å². The summed E-state index contributed by atoms with van der Waals surface area (Å²) >= 11 is 5.86. The maximum absolute atomic E-state index is 12.3. The molecule has 0 saturated carbocycles. The number of aromatic nitrogens is 2. The molecule has 0 bridgehead atoms. The minimum Gasteiger partial charge on any atom is -0.489 e. The van der Waals surface area contributed by atoms with Crippen molar-refractivity contribution in [3.63, 3.8) is 0 Å². The molecule has 2 N–H and O–H groups in total. The highest BCUT2D eigenvalue weighted by atomic mass is 35.5. The summed E-state index contributed by atoms with van der Waals surface area (Å²) in [5.74, 6) is -0.118. The third kappa shape index (κ3) is 7.46. The van der Waals surface area contributed by atoms with E-state index in [9.17, 15) is 9.59 Å². The summed E-state index contributed by atoms with van der Waals surface area (Å²) < 4.78 is 7.67. The minimum absolute atomic E-state index is 0.237. The summed E-state index contributed by atoms with van der Waals surface area (Å²) in [6.07, 6.45) is 3.36. The summed E-state index contributed by atoms with van der Waals surface area (Å²) in [5.41, 5.74) is 7.05. The smallest absolute Gasteiger partial charge is 0.259 e. The Morgan fingerprint density at radius 2 is 1.56 bits per heavy atom. The SMILES string of the molecule is O=C(CNC(=O)c1ccc(Cl)cc1)N/N=C\c1cn(-c2ccccc2)nc1-c1ccc(OCc2ccccc2)cc1. The quantitative estimate of drug-likeness (QED) is 0.169. The van der Waals surface area contributed by atoms with Crippen molar-refractivity contribution in [1.29, 1.82) is 0 Å². The molecular formula is C32H26ClN5O3. The molecule has 5 aromatic rings. The van der Waals surface area contributed by atoms with Crippen molar-refractivity contribution < 1.29 is 14.3 Å². The van der Waals surface area contributed by atoms with Crippen LogP contribution in [0.5, 0.6) is 5.75 Å². The maximum atomic E-state index is 12.3. The molecule has 41 heavy (non-hydrogen) atoms. The van der Waals surface area contributed by atoms with Gasteiger partial charge in [-0.05, 0) is 66.2 Å². The lowest BCUT2D eigenvalue weighted by atomic mass is 10.1. The Morgan fingerprint density at radius 1 is 0.878 bits per heavy atom. The zero-order valence-electron chi connectivity index (χ0n) is 21.9. The molecule has 0 fully saturated rings. The fourth-order valence-corrected chi connectivity index (χ4v) is 4.07. The molecule has 0 atom stereocenters. The van der Waals surface area contributed by atoms with Crippen LogP contribution in [0.4, 0.5) is 0 Å². The Hall–Kier alpha value is -5.21. The van der Waals surface area contributed by atoms with Crippen LogP contribution < -0.4 is 15.5 Å². The first-order valence-corrected chi connectivity index (χ1v) is 13.2. The summed E-state index contributed by atoms with van der Waals surface area (Å²) in [7, 11) is 0. The van der Waals surface area contributed by atoms with E-state index in [0.29, 0.717) is 28.5 Å². The number of amides is 2. The Balaban J connectivity index is 1.27. The molecule has 8 nitrogen and oxygen atoms in total. The van der Waals surface area contributed by atoms with E-state index in [-0.39, 0.29) is 12.5 Å². The van der Waals surface area contributed by atoms with E-state index in [1.54, 1.807) is 28.9 Å². The number of para-hydroxylation sites is 1. The van der Waals surface area contributed by atoms with Crippen molar-refractivity contribution in [2.24, 2.45) is 5.10 Å². The molecule has 9 heteroatoms. The number of carbonyl (C=O) groups excluding carboxylic acids is 2. The molecule has 4 aromatic carbocycles. The molecule has 2 amide bonds. The number of hydrazone groups is 1. The van der Waals surface area contributed by atoms with Gasteiger partial charge in [0.2, 0.25) is 0 Å². The molecule has 0 aliphatic carbocycles. The van der Waals surface area contributed by atoms with Crippen LogP contribution in [0, 0.1) is 0 Å². The average molecular weight is 564 g/mol. The third-order valence-corrected chi connectivity index (χ3v) is 6.30. The molecule has 1 heterocycles. The Bertz CT molecular complexity index is 1640. The van der Waals surface area contributed by atoms with Gasteiger partial charge in [-0.2, -0.15) is 10.2 Å². The van der Waals surface area contributed by atoms with Crippen molar-refractivity contribution in [3.8, 4) is 22.7 Å². The number of nitrogens with zero attached hydrogens (tertiary/aromatic N) is 3. The number of nitrogens with one attached hydrogen (secondary N) is 2. The Labute approximate surface area is 242 Å². The van der Waals surface area contributed by atoms with Gasteiger partial charge in [-0.3, -0.25) is 9.59 Å². The summed E-state index contributed by atoms with van der Waals surface area (Å²) in [6, 6.07) is 33.7. The molecule has 0 aliphatic rings. The zero-order chi connectivity index (χ0) is 28.4. The van der Waals surface area contributed by atoms with Crippen LogP contribution in [0.2, 0.25) is 5.02 Å². The summed E-state index contributed by atoms with van der Waals surface area (Å²) in [5, 5.41) is 12.0. The lowest BCUT2D eigenvalue weighted by molar-refractivity contribution is -0.120. The first kappa shape index (κ1) is 27.4. The van der Waals surface area contributed by atoms with E-state index in [2.05, 4.69) is 15.8 Å². The van der Waals surface area contributed by atoms with Gasteiger partial charge < -0.3 is 10.1 Å². The second kappa shape index (κ2) is 13.2. The summed E-state index contributed by atoms with van der Waals surface area (Å²) in [6.45, 7) is 0.236. The first-order chi connectivity index (χ1) is 20.0. The van der Waals surface area contributed by atoms with Crippen molar-refractivity contribution >= 4 is 29.6 Å². The topological polar surface area (TPSA) is 97.6 Å². The van der Waals surface area contributed by atoms with Crippen LogP contribution in [0.15, 0.2) is 120 Å². The van der Waals surface area contributed by atoms with Gasteiger partial charge in [0.1, 0.15) is 18.1 Å². The van der Waals surface area contributed by atoms with E-state index in [1.165, 1.54) is 6.21 Å². The number of carbonyl (C=O) groups is 2. The van der Waals surface area contributed by atoms with Gasteiger partial charge in [0.25, 0.3) is 11.8 Å². The Kier molecular flexibility index (Phi) is 8.83. The van der Waals surface area contributed by atoms with E-state index in [1.807, 2.05) is 91.1 Å². The fraction of sp³-hybridized carbons (Fsp3) is 0.0625. The van der Waals surface area contributed by atoms with Crippen LogP contribution in [0.3, 0.4) is 0 Å². The number of rotatable bonds is 10. The predicted molar refractivity (Wildman–Crippen MR) is 159 cm³/mol. The molecule has 0 radical (unpaired) electrons. The van der Waals surface area contributed by atoms with Gasteiger partial charge in [-0.25, -0.2) is 10.1 Å². The normalized spacial score (nSPS) is 10.9. The van der Waals surface area contributed by atoms with Gasteiger partial charge in [0.05, 0.1) is 18.4 Å². The van der Waals surface area contributed by atoms with Crippen LogP contribution in [0.1, 0.15) is 21.5 Å². The molecule has 0 unspecified atom stereocenters. The van der Waals surface area contributed by atoms with Crippen molar-refractivity contribution in [2.75, 3.05) is 6.54 Å². The third-order valence-electron chi connectivity index (χ3n) is 6.05. The molecule has 204 valence electrons. The zero-order valence-corrected chi connectivity index (χ0v) is 22.7. The highest BCUT2D eigenvalue weighted by Gasteiger charge is 2.12. The van der Waals surface area contributed by atoms with Crippen molar-refractivity contribution in [3.05, 3.63) is 137 Å². The van der Waals surface area contributed by atoms with Gasteiger partial charge in [0, 0.05) is 27.9 Å². The second-order valence-corrected chi connectivity index (χ2v) is 9.43. The highest BCUT2D eigenvalue weighted by molar-refractivity contribution is 6.30. The largest absolute Gasteiger partial charge is 0.489 e.